The van der Waals surface area contributed by atoms with Crippen LogP contribution in [0.2, 0.25) is 5.02 Å². The van der Waals surface area contributed by atoms with Gasteiger partial charge in [-0.2, -0.15) is 0 Å². The second-order valence-electron chi connectivity index (χ2n) is 4.29. The van der Waals surface area contributed by atoms with E-state index in [9.17, 15) is 13.2 Å². The Morgan fingerprint density at radius 1 is 1.43 bits per heavy atom. The number of nitrogens with one attached hydrogen (secondary N) is 2. The summed E-state index contributed by atoms with van der Waals surface area (Å²) in [5.41, 5.74) is 6.34. The summed E-state index contributed by atoms with van der Waals surface area (Å²) in [4.78, 5) is 11.4. The van der Waals surface area contributed by atoms with Gasteiger partial charge in [0.2, 0.25) is 15.9 Å². The first-order valence-electron chi connectivity index (χ1n) is 6.09. The number of hydrogen-bond acceptors (Lipinski definition) is 5. The highest BCUT2D eigenvalue weighted by molar-refractivity contribution is 7.89. The number of carbonyl (C=O) groups is 1. The van der Waals surface area contributed by atoms with Crippen LogP contribution in [-0.4, -0.2) is 41.1 Å². The van der Waals surface area contributed by atoms with Crippen LogP contribution in [0, 0.1) is 6.92 Å². The average molecular weight is 336 g/mol. The van der Waals surface area contributed by atoms with Crippen molar-refractivity contribution in [1.82, 2.24) is 10.0 Å². The molecule has 118 valence electrons. The van der Waals surface area contributed by atoms with Crippen molar-refractivity contribution in [2.24, 2.45) is 0 Å². The molecule has 1 aromatic carbocycles. The van der Waals surface area contributed by atoms with E-state index in [0.29, 0.717) is 18.7 Å². The first kappa shape index (κ1) is 17.7. The molecular formula is C12H18ClN3O4S. The number of halogens is 1. The Kier molecular flexibility index (Phi) is 6.41. The summed E-state index contributed by atoms with van der Waals surface area (Å²) < 4.78 is 31.3. The summed E-state index contributed by atoms with van der Waals surface area (Å²) in [5, 5.41) is 2.71. The van der Waals surface area contributed by atoms with Crippen LogP contribution in [0.5, 0.6) is 0 Å². The van der Waals surface area contributed by atoms with Gasteiger partial charge in [0.05, 0.1) is 18.0 Å². The number of nitrogen functional groups attached to an aromatic ring is 1. The fourth-order valence-electron chi connectivity index (χ4n) is 1.55. The molecule has 0 atom stereocenters. The minimum atomic E-state index is -3.87. The van der Waals surface area contributed by atoms with Crippen LogP contribution in [0.1, 0.15) is 5.56 Å². The largest absolute Gasteiger partial charge is 0.398 e. The van der Waals surface area contributed by atoms with Crippen molar-refractivity contribution >= 4 is 33.2 Å². The van der Waals surface area contributed by atoms with Crippen LogP contribution in [-0.2, 0) is 19.6 Å². The fourth-order valence-corrected chi connectivity index (χ4v) is 3.12. The van der Waals surface area contributed by atoms with E-state index in [0.717, 1.165) is 0 Å². The lowest BCUT2D eigenvalue weighted by molar-refractivity contribution is -0.120. The summed E-state index contributed by atoms with van der Waals surface area (Å²) >= 11 is 5.81. The predicted octanol–water partition coefficient (Wildman–Crippen LogP) is 0.272. The zero-order chi connectivity index (χ0) is 16.0. The number of sulfonamides is 1. The minimum Gasteiger partial charge on any atom is -0.398 e. The molecule has 0 fully saturated rings. The van der Waals surface area contributed by atoms with Crippen LogP contribution in [0.25, 0.3) is 0 Å². The van der Waals surface area contributed by atoms with E-state index in [2.05, 4.69) is 10.0 Å². The van der Waals surface area contributed by atoms with Crippen molar-refractivity contribution in [2.75, 3.05) is 32.5 Å². The van der Waals surface area contributed by atoms with Crippen molar-refractivity contribution in [3.63, 3.8) is 0 Å². The first-order valence-corrected chi connectivity index (χ1v) is 7.95. The minimum absolute atomic E-state index is 0.0443. The van der Waals surface area contributed by atoms with Gasteiger partial charge in [0.15, 0.2) is 0 Å². The summed E-state index contributed by atoms with van der Waals surface area (Å²) in [6.45, 7) is 1.85. The van der Waals surface area contributed by atoms with Gasteiger partial charge in [0.1, 0.15) is 0 Å². The molecule has 0 saturated heterocycles. The maximum Gasteiger partial charge on any atom is 0.241 e. The second-order valence-corrected chi connectivity index (χ2v) is 6.46. The second kappa shape index (κ2) is 7.60. The molecule has 1 rings (SSSR count). The molecule has 1 amide bonds. The first-order chi connectivity index (χ1) is 9.77. The van der Waals surface area contributed by atoms with Gasteiger partial charge in [-0.05, 0) is 24.6 Å². The smallest absolute Gasteiger partial charge is 0.241 e. The Bertz CT molecular complexity index is 619. The number of nitrogens with two attached hydrogens (primary N) is 1. The highest BCUT2D eigenvalue weighted by atomic mass is 35.5. The summed E-state index contributed by atoms with van der Waals surface area (Å²) in [6, 6.07) is 2.76. The molecule has 0 heterocycles. The van der Waals surface area contributed by atoms with Crippen molar-refractivity contribution in [3.8, 4) is 0 Å². The van der Waals surface area contributed by atoms with Crippen LogP contribution < -0.4 is 15.8 Å². The topological polar surface area (TPSA) is 111 Å². The van der Waals surface area contributed by atoms with E-state index >= 15 is 0 Å². The lowest BCUT2D eigenvalue weighted by Gasteiger charge is -2.11. The quantitative estimate of drug-likeness (QED) is 0.489. The number of benzene rings is 1. The van der Waals surface area contributed by atoms with Crippen LogP contribution in [0.3, 0.4) is 0 Å². The Hall–Kier alpha value is -1.35. The zero-order valence-electron chi connectivity index (χ0n) is 11.8. The van der Waals surface area contributed by atoms with Gasteiger partial charge in [-0.3, -0.25) is 4.79 Å². The van der Waals surface area contributed by atoms with Gasteiger partial charge < -0.3 is 15.8 Å². The highest BCUT2D eigenvalue weighted by Gasteiger charge is 2.20. The summed E-state index contributed by atoms with van der Waals surface area (Å²) in [7, 11) is -2.37. The van der Waals surface area contributed by atoms with E-state index < -0.39 is 15.9 Å². The third-order valence-electron chi connectivity index (χ3n) is 2.71. The molecule has 4 N–H and O–H groups in total. The monoisotopic (exact) mass is 335 g/mol. The molecule has 0 bridgehead atoms. The van der Waals surface area contributed by atoms with Crippen molar-refractivity contribution < 1.29 is 17.9 Å². The third kappa shape index (κ3) is 5.16. The maximum atomic E-state index is 12.2. The standard InChI is InChI=1S/C12H18ClN3O4S/c1-8-10(14)5-9(13)6-11(8)21(18,19)16-7-12(17)15-3-4-20-2/h5-6,16H,3-4,7,14H2,1-2H3,(H,15,17). The van der Waals surface area contributed by atoms with Gasteiger partial charge in [-0.25, -0.2) is 13.1 Å². The molecule has 0 aliphatic rings. The molecule has 0 saturated carbocycles. The molecule has 0 unspecified atom stereocenters. The number of carbonyl (C=O) groups excluding carboxylic acids is 1. The highest BCUT2D eigenvalue weighted by Crippen LogP contribution is 2.25. The predicted molar refractivity (Wildman–Crippen MR) is 80.7 cm³/mol. The van der Waals surface area contributed by atoms with E-state index in [1.165, 1.54) is 19.2 Å². The maximum absolute atomic E-state index is 12.2. The summed E-state index contributed by atoms with van der Waals surface area (Å²) in [5.74, 6) is -0.455. The van der Waals surface area contributed by atoms with Crippen molar-refractivity contribution in [3.05, 3.63) is 22.7 Å². The average Bonchev–Trinajstić information content (AvgIpc) is 2.41. The van der Waals surface area contributed by atoms with Gasteiger partial charge in [-0.15, -0.1) is 0 Å². The van der Waals surface area contributed by atoms with E-state index in [-0.39, 0.29) is 22.2 Å². The normalized spacial score (nSPS) is 11.4. The molecule has 0 aliphatic heterocycles. The van der Waals surface area contributed by atoms with Crippen molar-refractivity contribution in [2.45, 2.75) is 11.8 Å². The fraction of sp³-hybridized carbons (Fsp3) is 0.417. The van der Waals surface area contributed by atoms with Crippen LogP contribution in [0.4, 0.5) is 5.69 Å². The Morgan fingerprint density at radius 2 is 2.10 bits per heavy atom. The molecule has 1 aromatic rings. The van der Waals surface area contributed by atoms with Crippen LogP contribution >= 0.6 is 11.6 Å². The van der Waals surface area contributed by atoms with Crippen LogP contribution in [0.15, 0.2) is 17.0 Å². The number of ether oxygens (including phenoxy) is 1. The van der Waals surface area contributed by atoms with E-state index in [4.69, 9.17) is 22.1 Å². The number of anilines is 1. The van der Waals surface area contributed by atoms with Gasteiger partial charge in [-0.1, -0.05) is 11.6 Å². The molecule has 21 heavy (non-hydrogen) atoms. The lowest BCUT2D eigenvalue weighted by Crippen LogP contribution is -2.38. The molecule has 0 radical (unpaired) electrons. The van der Waals surface area contributed by atoms with Gasteiger partial charge in [0, 0.05) is 24.4 Å². The number of amides is 1. The Balaban J connectivity index is 2.77. The lowest BCUT2D eigenvalue weighted by atomic mass is 10.2. The number of hydrogen-bond donors (Lipinski definition) is 3. The molecule has 9 heteroatoms. The molecular weight excluding hydrogens is 318 g/mol. The van der Waals surface area contributed by atoms with Gasteiger partial charge in [0.25, 0.3) is 0 Å². The molecule has 0 aliphatic carbocycles. The van der Waals surface area contributed by atoms with Crippen molar-refractivity contribution in [1.29, 1.82) is 0 Å². The molecule has 0 aromatic heterocycles. The van der Waals surface area contributed by atoms with Gasteiger partial charge >= 0.3 is 0 Å². The third-order valence-corrected chi connectivity index (χ3v) is 4.45. The Morgan fingerprint density at radius 3 is 2.71 bits per heavy atom. The zero-order valence-corrected chi connectivity index (χ0v) is 13.3. The molecule has 0 spiro atoms. The Labute approximate surface area is 128 Å². The van der Waals surface area contributed by atoms with E-state index in [1.54, 1.807) is 6.92 Å². The number of methoxy groups -OCH3 is 1. The number of rotatable bonds is 7. The summed E-state index contributed by atoms with van der Waals surface area (Å²) in [6.07, 6.45) is 0. The van der Waals surface area contributed by atoms with E-state index in [1.807, 2.05) is 0 Å². The SMILES string of the molecule is COCCNC(=O)CNS(=O)(=O)c1cc(Cl)cc(N)c1C. The molecule has 7 nitrogen and oxygen atoms in total.